The summed E-state index contributed by atoms with van der Waals surface area (Å²) in [6, 6.07) is 0. The van der Waals surface area contributed by atoms with Gasteiger partial charge < -0.3 is 48.4 Å². The third kappa shape index (κ3) is 104. The minimum Gasteiger partial charge on any atom is -0.400 e. The van der Waals surface area contributed by atoms with Crippen molar-refractivity contribution in [2.45, 2.75) is 165 Å². The molecule has 2 aliphatic rings. The molecule has 14 heteroatoms. The third-order valence-corrected chi connectivity index (χ3v) is 6.78. The molecule has 0 aromatic rings. The lowest BCUT2D eigenvalue weighted by Crippen LogP contribution is -2.17. The van der Waals surface area contributed by atoms with Crippen molar-refractivity contribution in [2.75, 3.05) is 73.8 Å². The van der Waals surface area contributed by atoms with E-state index in [0.29, 0.717) is 13.1 Å². The Kier molecular flexibility index (Phi) is 118. The number of nitrogens with two attached hydrogens (primary N) is 4. The number of amidine groups is 3. The molecule has 0 radical (unpaired) electrons. The average molecular weight is 819 g/mol. The summed E-state index contributed by atoms with van der Waals surface area (Å²) in [6.45, 7) is 34.8. The van der Waals surface area contributed by atoms with Crippen LogP contribution in [0.15, 0.2) is 9.98 Å². The summed E-state index contributed by atoms with van der Waals surface area (Å²) >= 11 is 1.53. The summed E-state index contributed by atoms with van der Waals surface area (Å²) in [6.07, 6.45) is 22.3. The van der Waals surface area contributed by atoms with Gasteiger partial charge in [-0.05, 0) is 53.1 Å². The highest BCUT2D eigenvalue weighted by Gasteiger charge is 2.01. The molecule has 0 aliphatic carbocycles. The van der Waals surface area contributed by atoms with E-state index in [0.717, 1.165) is 89.7 Å². The van der Waals surface area contributed by atoms with E-state index in [9.17, 15) is 0 Å². The van der Waals surface area contributed by atoms with Crippen LogP contribution in [0.25, 0.3) is 9.69 Å². The highest BCUT2D eigenvalue weighted by atomic mass is 32.2. The summed E-state index contributed by atoms with van der Waals surface area (Å²) < 4.78 is 0. The van der Waals surface area contributed by atoms with E-state index in [1.807, 2.05) is 27.0 Å². The summed E-state index contributed by atoms with van der Waals surface area (Å²) in [7, 11) is 5.50. The maximum atomic E-state index is 7.10. The van der Waals surface area contributed by atoms with Crippen LogP contribution in [0.5, 0.6) is 0 Å². The molecule has 13 N–H and O–H groups in total. The van der Waals surface area contributed by atoms with Gasteiger partial charge in [0.05, 0.1) is 35.6 Å². The van der Waals surface area contributed by atoms with Crippen LogP contribution in [-0.2, 0) is 0 Å². The Bertz CT molecular complexity index is 767. The van der Waals surface area contributed by atoms with Gasteiger partial charge in [0.15, 0.2) is 0 Å². The monoisotopic (exact) mass is 819 g/mol. The Labute approximate surface area is 353 Å². The highest BCUT2D eigenvalue weighted by molar-refractivity contribution is 8.13. The number of aliphatic imine (C=N–C) groups is 2. The Morgan fingerprint density at radius 3 is 1.09 bits per heavy atom. The lowest BCUT2D eigenvalue weighted by Gasteiger charge is -1.96. The van der Waals surface area contributed by atoms with Crippen molar-refractivity contribution in [1.29, 1.82) is 10.8 Å². The first kappa shape index (κ1) is 74.2. The summed E-state index contributed by atoms with van der Waals surface area (Å²) in [5.41, 5.74) is 18.5. The Balaban J connectivity index is -0.0000000643. The number of hydrogen-bond acceptors (Lipinski definition) is 11. The van der Waals surface area contributed by atoms with E-state index in [1.165, 1.54) is 102 Å². The molecule has 13 nitrogen and oxygen atoms in total. The second kappa shape index (κ2) is 89.1. The van der Waals surface area contributed by atoms with Gasteiger partial charge in [0.2, 0.25) is 13.1 Å². The van der Waals surface area contributed by atoms with Crippen LogP contribution in [0.4, 0.5) is 0 Å². The molecule has 0 unspecified atom stereocenters. The van der Waals surface area contributed by atoms with Crippen molar-refractivity contribution < 1.29 is 5.11 Å². The Hall–Kier alpha value is -2.75. The molecule has 0 aromatic carbocycles. The number of aliphatic hydroxyl groups is 1. The fraction of sp³-hybridized carbons (Fsp3) is 0.857. The Morgan fingerprint density at radius 2 is 0.946 bits per heavy atom. The van der Waals surface area contributed by atoms with Crippen molar-refractivity contribution in [3.63, 3.8) is 0 Å². The molecule has 2 heterocycles. The molecule has 0 saturated carbocycles. The van der Waals surface area contributed by atoms with Crippen LogP contribution in [-0.4, -0.2) is 101 Å². The summed E-state index contributed by atoms with van der Waals surface area (Å²) in [4.78, 5) is 14.7. The van der Waals surface area contributed by atoms with E-state index in [-0.39, 0.29) is 5.84 Å². The van der Waals surface area contributed by atoms with Crippen molar-refractivity contribution >= 4 is 34.3 Å². The molecule has 2 rings (SSSR count). The van der Waals surface area contributed by atoms with Gasteiger partial charge in [-0.15, -0.1) is 11.8 Å². The summed E-state index contributed by atoms with van der Waals surface area (Å²) in [5, 5.41) is 28.0. The molecule has 0 saturated heterocycles. The molecular weight excluding hydrogens is 721 g/mol. The number of aliphatic hydroxyl groups excluding tert-OH is 1. The topological polar surface area (TPSA) is 230 Å². The van der Waals surface area contributed by atoms with E-state index in [4.69, 9.17) is 34.8 Å². The number of nitrogens with zero attached hydrogens (tertiary/aromatic N) is 4. The van der Waals surface area contributed by atoms with E-state index in [1.54, 1.807) is 0 Å². The second-order valence-corrected chi connectivity index (χ2v) is 12.1. The number of rotatable bonds is 16. The second-order valence-electron chi connectivity index (χ2n) is 11.2. The zero-order valence-electron chi connectivity index (χ0n) is 39.2. The maximum Gasteiger partial charge on any atom is 0.214 e. The molecule has 0 spiro atoms. The predicted molar refractivity (Wildman–Crippen MR) is 259 cm³/mol. The first-order chi connectivity index (χ1) is 27.2. The van der Waals surface area contributed by atoms with Crippen molar-refractivity contribution in [3.05, 3.63) is 22.8 Å². The molecule has 56 heavy (non-hydrogen) atoms. The van der Waals surface area contributed by atoms with Crippen LogP contribution in [0.1, 0.15) is 165 Å². The van der Waals surface area contributed by atoms with Crippen LogP contribution in [0.3, 0.4) is 0 Å². The number of thioether (sulfide) groups is 1. The molecule has 0 bridgehead atoms. The lowest BCUT2D eigenvalue weighted by molar-refractivity contribution is 0.399. The maximum absolute atomic E-state index is 7.10. The van der Waals surface area contributed by atoms with Crippen LogP contribution < -0.4 is 33.6 Å². The molecule has 0 amide bonds. The van der Waals surface area contributed by atoms with Crippen LogP contribution in [0, 0.1) is 24.0 Å². The van der Waals surface area contributed by atoms with Crippen LogP contribution in [0.2, 0.25) is 0 Å². The molecule has 338 valence electrons. The minimum atomic E-state index is 0.289. The van der Waals surface area contributed by atoms with Crippen LogP contribution >= 0.6 is 11.8 Å². The minimum absolute atomic E-state index is 0.289. The molecule has 0 aromatic heterocycles. The summed E-state index contributed by atoms with van der Waals surface area (Å²) in [5.74, 6) is 2.69. The first-order valence-corrected chi connectivity index (χ1v) is 22.2. The van der Waals surface area contributed by atoms with Gasteiger partial charge >= 0.3 is 0 Å². The number of unbranched alkanes of at least 4 members (excludes halogenated alkanes) is 6. The highest BCUT2D eigenvalue weighted by Crippen LogP contribution is 2.05. The van der Waals surface area contributed by atoms with Gasteiger partial charge in [-0.1, -0.05) is 107 Å². The third-order valence-electron chi connectivity index (χ3n) is 6.08. The number of hydrogen-bond donors (Lipinski definition) is 9. The predicted octanol–water partition coefficient (Wildman–Crippen LogP) is 9.15. The quantitative estimate of drug-likeness (QED) is 0.0315. The molecule has 0 fully saturated rings. The molecule has 2 aliphatic heterocycles. The smallest absolute Gasteiger partial charge is 0.214 e. The zero-order chi connectivity index (χ0) is 45.5. The average Bonchev–Trinajstić information content (AvgIpc) is 3.96. The van der Waals surface area contributed by atoms with Gasteiger partial charge in [0.25, 0.3) is 0 Å². The zero-order valence-corrected chi connectivity index (χ0v) is 40.0. The normalized spacial score (nSPS) is 10.3. The van der Waals surface area contributed by atoms with Crippen molar-refractivity contribution in [3.8, 4) is 0 Å². The van der Waals surface area contributed by atoms with E-state index in [2.05, 4.69) is 82.1 Å². The van der Waals surface area contributed by atoms with Gasteiger partial charge in [-0.2, -0.15) is 0 Å². The number of nitrogens with one attached hydrogen (secondary N) is 4. The fourth-order valence-corrected chi connectivity index (χ4v) is 3.96. The van der Waals surface area contributed by atoms with Gasteiger partial charge in [-0.25, -0.2) is 13.1 Å². The van der Waals surface area contributed by atoms with Crippen molar-refractivity contribution in [1.82, 2.24) is 10.6 Å². The lowest BCUT2D eigenvalue weighted by atomic mass is 10.1. The van der Waals surface area contributed by atoms with Gasteiger partial charge in [0.1, 0.15) is 0 Å². The first-order valence-electron chi connectivity index (χ1n) is 21.0. The van der Waals surface area contributed by atoms with E-state index < -0.39 is 0 Å². The largest absolute Gasteiger partial charge is 0.400 e. The molecule has 0 atom stereocenters. The fourth-order valence-electron chi connectivity index (χ4n) is 3.55. The molecular formula is C42H98N12OS. The van der Waals surface area contributed by atoms with E-state index >= 15 is 0 Å². The van der Waals surface area contributed by atoms with Gasteiger partial charge in [-0.3, -0.25) is 20.8 Å². The standard InChI is InChI=1S/C9H20.2C6H12N2.C5H11NS.C4H10N2.2C4H7N.3CH5N.CH4O/c1-3-5-7-9-8-6-4-2;2*1-2-3-6-7-4-5-8-6;1-3-4-5(6)7-2;1-2-3-4(5)6;2*1-3-4-5-2;4*1-2/h3-9H2,1-2H3;2*2-5H2,1H3,(H,7,8);6H,3-4H2,1-2H3;2-3H2,1H3,(H3,5,6);2*3-4H2,1H3;3*2H2,1H3;2H,1H3. The SMILES string of the molecule is CCCC(=N)N.CCCC(=N)SC.CCCC1=NCCN1.CCCC1=NCCN1.CCCCCCCCC.CN.CN.CN.CO.[C-]#[N+]CCC.[C-]#[N+]CCC. The van der Waals surface area contributed by atoms with Gasteiger partial charge in [0, 0.05) is 52.3 Å². The van der Waals surface area contributed by atoms with Crippen molar-refractivity contribution in [2.24, 2.45) is 32.9 Å². The Morgan fingerprint density at radius 1 is 0.607 bits per heavy atom.